The molecule has 21 heavy (non-hydrogen) atoms. The highest BCUT2D eigenvalue weighted by Gasteiger charge is 2.21. The van der Waals surface area contributed by atoms with Crippen LogP contribution in [0.4, 0.5) is 0 Å². The van der Waals surface area contributed by atoms with Gasteiger partial charge in [0.05, 0.1) is 6.61 Å². The van der Waals surface area contributed by atoms with Crippen LogP contribution in [0.1, 0.15) is 22.7 Å². The minimum absolute atomic E-state index is 0.396. The fraction of sp³-hybridized carbons (Fsp3) is 0.235. The van der Waals surface area contributed by atoms with E-state index >= 15 is 0 Å². The van der Waals surface area contributed by atoms with Crippen molar-refractivity contribution < 1.29 is 14.6 Å². The molecule has 0 fully saturated rings. The molecule has 2 N–H and O–H groups in total. The molecule has 0 aliphatic carbocycles. The number of hydrogen-bond acceptors (Lipinski definition) is 3. The van der Waals surface area contributed by atoms with Crippen LogP contribution in [0, 0.1) is 0 Å². The van der Waals surface area contributed by atoms with Crippen molar-refractivity contribution in [2.45, 2.75) is 19.2 Å². The topological polar surface area (TPSA) is 58.6 Å². The molecule has 0 heterocycles. The molecule has 4 heteroatoms. The Bertz CT molecular complexity index is 584. The number of methoxy groups -OCH3 is 1. The van der Waals surface area contributed by atoms with Crippen LogP contribution in [-0.2, 0) is 22.7 Å². The molecule has 110 valence electrons. The van der Waals surface area contributed by atoms with Gasteiger partial charge in [-0.05, 0) is 16.7 Å². The summed E-state index contributed by atoms with van der Waals surface area (Å²) in [5.74, 6) is -0.894. The standard InChI is InChI=1S/C17H19NO3/c1-21-12-14-9-5-6-10-15(14)16(17(19)20)18-11-13-7-3-2-4-8-13/h2-10,16,18H,11-12H2,1H3,(H,19,20). The van der Waals surface area contributed by atoms with Crippen LogP contribution >= 0.6 is 0 Å². The number of benzene rings is 2. The molecule has 0 aromatic heterocycles. The van der Waals surface area contributed by atoms with Crippen molar-refractivity contribution in [3.63, 3.8) is 0 Å². The van der Waals surface area contributed by atoms with Gasteiger partial charge in [-0.15, -0.1) is 0 Å². The van der Waals surface area contributed by atoms with E-state index in [1.165, 1.54) is 0 Å². The normalized spacial score (nSPS) is 12.0. The van der Waals surface area contributed by atoms with Crippen molar-refractivity contribution in [1.82, 2.24) is 5.32 Å². The number of ether oxygens (including phenoxy) is 1. The van der Waals surface area contributed by atoms with Gasteiger partial charge in [-0.25, -0.2) is 0 Å². The Kier molecular flexibility index (Phi) is 5.49. The number of hydrogen-bond donors (Lipinski definition) is 2. The van der Waals surface area contributed by atoms with Gasteiger partial charge in [0.1, 0.15) is 6.04 Å². The largest absolute Gasteiger partial charge is 0.480 e. The summed E-state index contributed by atoms with van der Waals surface area (Å²) in [5.41, 5.74) is 2.67. The first kappa shape index (κ1) is 15.2. The fourth-order valence-electron chi connectivity index (χ4n) is 2.25. The Morgan fingerprint density at radius 3 is 2.48 bits per heavy atom. The predicted octanol–water partition coefficient (Wildman–Crippen LogP) is 2.75. The summed E-state index contributed by atoms with van der Waals surface area (Å²) in [6.07, 6.45) is 0. The maximum absolute atomic E-state index is 11.6. The van der Waals surface area contributed by atoms with Gasteiger partial charge in [0.25, 0.3) is 0 Å². The van der Waals surface area contributed by atoms with Crippen LogP contribution in [0.2, 0.25) is 0 Å². The Hall–Kier alpha value is -2.17. The van der Waals surface area contributed by atoms with Crippen LogP contribution in [0.3, 0.4) is 0 Å². The second-order valence-electron chi connectivity index (χ2n) is 4.77. The van der Waals surface area contributed by atoms with Crippen LogP contribution in [0.25, 0.3) is 0 Å². The molecular formula is C17H19NO3. The van der Waals surface area contributed by atoms with Gasteiger partial charge in [0.2, 0.25) is 0 Å². The van der Waals surface area contributed by atoms with Crippen molar-refractivity contribution in [3.05, 3.63) is 71.3 Å². The molecule has 0 saturated carbocycles. The van der Waals surface area contributed by atoms with Crippen molar-refractivity contribution in [2.75, 3.05) is 7.11 Å². The van der Waals surface area contributed by atoms with Crippen LogP contribution < -0.4 is 5.32 Å². The average Bonchev–Trinajstić information content (AvgIpc) is 2.50. The number of carboxylic acids is 1. The Labute approximate surface area is 124 Å². The van der Waals surface area contributed by atoms with Gasteiger partial charge in [-0.2, -0.15) is 0 Å². The second-order valence-corrected chi connectivity index (χ2v) is 4.77. The monoisotopic (exact) mass is 285 g/mol. The highest BCUT2D eigenvalue weighted by molar-refractivity contribution is 5.76. The SMILES string of the molecule is COCc1ccccc1C(NCc1ccccc1)C(=O)O. The third-order valence-corrected chi connectivity index (χ3v) is 3.27. The Balaban J connectivity index is 2.17. The van der Waals surface area contributed by atoms with E-state index in [1.807, 2.05) is 54.6 Å². The predicted molar refractivity (Wildman–Crippen MR) is 80.8 cm³/mol. The number of aliphatic carboxylic acids is 1. The van der Waals surface area contributed by atoms with Gasteiger partial charge in [0, 0.05) is 13.7 Å². The number of nitrogens with one attached hydrogen (secondary N) is 1. The Morgan fingerprint density at radius 1 is 1.14 bits per heavy atom. The molecule has 0 bridgehead atoms. The fourth-order valence-corrected chi connectivity index (χ4v) is 2.25. The van der Waals surface area contributed by atoms with E-state index in [2.05, 4.69) is 5.32 Å². The lowest BCUT2D eigenvalue weighted by atomic mass is 10.0. The third kappa shape index (κ3) is 4.15. The molecular weight excluding hydrogens is 266 g/mol. The molecule has 0 aliphatic rings. The van der Waals surface area contributed by atoms with Crippen LogP contribution in [-0.4, -0.2) is 18.2 Å². The Morgan fingerprint density at radius 2 is 1.81 bits per heavy atom. The summed E-state index contributed by atoms with van der Waals surface area (Å²) < 4.78 is 5.14. The van der Waals surface area contributed by atoms with Gasteiger partial charge in [-0.1, -0.05) is 54.6 Å². The zero-order chi connectivity index (χ0) is 15.1. The zero-order valence-corrected chi connectivity index (χ0v) is 12.0. The summed E-state index contributed by atoms with van der Waals surface area (Å²) in [5, 5.41) is 12.6. The van der Waals surface area contributed by atoms with E-state index in [1.54, 1.807) is 7.11 Å². The third-order valence-electron chi connectivity index (χ3n) is 3.27. The van der Waals surface area contributed by atoms with Crippen molar-refractivity contribution in [3.8, 4) is 0 Å². The summed E-state index contributed by atoms with van der Waals surface area (Å²) in [4.78, 5) is 11.6. The minimum Gasteiger partial charge on any atom is -0.480 e. The highest BCUT2D eigenvalue weighted by Crippen LogP contribution is 2.20. The van der Waals surface area contributed by atoms with Gasteiger partial charge >= 0.3 is 5.97 Å². The van der Waals surface area contributed by atoms with E-state index in [4.69, 9.17) is 4.74 Å². The number of carboxylic acid groups (broad SMARTS) is 1. The van der Waals surface area contributed by atoms with E-state index in [9.17, 15) is 9.90 Å². The molecule has 0 radical (unpaired) electrons. The molecule has 0 spiro atoms. The van der Waals surface area contributed by atoms with E-state index in [-0.39, 0.29) is 0 Å². The van der Waals surface area contributed by atoms with Crippen molar-refractivity contribution >= 4 is 5.97 Å². The maximum atomic E-state index is 11.6. The number of carbonyl (C=O) groups is 1. The minimum atomic E-state index is -0.894. The lowest BCUT2D eigenvalue weighted by Crippen LogP contribution is -2.29. The van der Waals surface area contributed by atoms with E-state index in [0.29, 0.717) is 13.2 Å². The molecule has 4 nitrogen and oxygen atoms in total. The quantitative estimate of drug-likeness (QED) is 0.821. The summed E-state index contributed by atoms with van der Waals surface area (Å²) in [6.45, 7) is 0.895. The molecule has 0 saturated heterocycles. The molecule has 1 unspecified atom stereocenters. The van der Waals surface area contributed by atoms with E-state index in [0.717, 1.165) is 16.7 Å². The van der Waals surface area contributed by atoms with E-state index < -0.39 is 12.0 Å². The lowest BCUT2D eigenvalue weighted by Gasteiger charge is -2.18. The van der Waals surface area contributed by atoms with Crippen molar-refractivity contribution in [1.29, 1.82) is 0 Å². The van der Waals surface area contributed by atoms with Crippen LogP contribution in [0.15, 0.2) is 54.6 Å². The van der Waals surface area contributed by atoms with Gasteiger partial charge < -0.3 is 9.84 Å². The summed E-state index contributed by atoms with van der Waals surface area (Å²) in [7, 11) is 1.60. The molecule has 2 aromatic rings. The average molecular weight is 285 g/mol. The first-order valence-corrected chi connectivity index (χ1v) is 6.79. The van der Waals surface area contributed by atoms with Gasteiger partial charge in [-0.3, -0.25) is 10.1 Å². The summed E-state index contributed by atoms with van der Waals surface area (Å²) in [6, 6.07) is 16.4. The first-order valence-electron chi connectivity index (χ1n) is 6.79. The van der Waals surface area contributed by atoms with Crippen LogP contribution in [0.5, 0.6) is 0 Å². The zero-order valence-electron chi connectivity index (χ0n) is 12.0. The molecule has 0 aliphatic heterocycles. The lowest BCUT2D eigenvalue weighted by molar-refractivity contribution is -0.139. The highest BCUT2D eigenvalue weighted by atomic mass is 16.5. The number of rotatable bonds is 7. The molecule has 1 atom stereocenters. The smallest absolute Gasteiger partial charge is 0.325 e. The molecule has 2 aromatic carbocycles. The molecule has 0 amide bonds. The van der Waals surface area contributed by atoms with Crippen molar-refractivity contribution in [2.24, 2.45) is 0 Å². The first-order chi connectivity index (χ1) is 10.2. The molecule has 2 rings (SSSR count). The second kappa shape index (κ2) is 7.57. The maximum Gasteiger partial charge on any atom is 0.325 e. The summed E-state index contributed by atoms with van der Waals surface area (Å²) >= 11 is 0. The van der Waals surface area contributed by atoms with Gasteiger partial charge in [0.15, 0.2) is 0 Å².